The van der Waals surface area contributed by atoms with Gasteiger partial charge in [0, 0.05) is 31.3 Å². The number of thioether (sulfide) groups is 1. The SMILES string of the molecule is CN(C)c1ccc(CSC[C@H](NC(=O)CS)C(=O)O)cc1. The molecule has 0 bridgehead atoms. The second-order valence-electron chi connectivity index (χ2n) is 4.69. The van der Waals surface area contributed by atoms with Gasteiger partial charge in [-0.2, -0.15) is 24.4 Å². The summed E-state index contributed by atoms with van der Waals surface area (Å²) >= 11 is 5.29. The molecule has 5 nitrogen and oxygen atoms in total. The van der Waals surface area contributed by atoms with Crippen LogP contribution in [0.5, 0.6) is 0 Å². The Labute approximate surface area is 134 Å². The van der Waals surface area contributed by atoms with Gasteiger partial charge in [-0.25, -0.2) is 4.79 Å². The number of aliphatic carboxylic acids is 1. The second kappa shape index (κ2) is 8.84. The Balaban J connectivity index is 2.46. The van der Waals surface area contributed by atoms with Crippen LogP contribution in [0.15, 0.2) is 24.3 Å². The van der Waals surface area contributed by atoms with Gasteiger partial charge in [0.1, 0.15) is 6.04 Å². The maximum Gasteiger partial charge on any atom is 0.327 e. The molecule has 0 radical (unpaired) electrons. The van der Waals surface area contributed by atoms with Gasteiger partial charge >= 0.3 is 5.97 Å². The van der Waals surface area contributed by atoms with Crippen LogP contribution in [0.25, 0.3) is 0 Å². The van der Waals surface area contributed by atoms with E-state index in [-0.39, 0.29) is 11.7 Å². The van der Waals surface area contributed by atoms with Crippen LogP contribution in [0.1, 0.15) is 5.56 Å². The number of benzene rings is 1. The van der Waals surface area contributed by atoms with Gasteiger partial charge in [-0.3, -0.25) is 4.79 Å². The van der Waals surface area contributed by atoms with Crippen molar-refractivity contribution in [1.29, 1.82) is 0 Å². The molecule has 1 atom stereocenters. The van der Waals surface area contributed by atoms with Crippen molar-refractivity contribution in [1.82, 2.24) is 5.32 Å². The molecule has 1 rings (SSSR count). The van der Waals surface area contributed by atoms with Crippen molar-refractivity contribution in [3.63, 3.8) is 0 Å². The van der Waals surface area contributed by atoms with E-state index in [1.165, 1.54) is 11.8 Å². The van der Waals surface area contributed by atoms with Crippen molar-refractivity contribution in [3.05, 3.63) is 29.8 Å². The summed E-state index contributed by atoms with van der Waals surface area (Å²) < 4.78 is 0. The molecule has 0 heterocycles. The first kappa shape index (κ1) is 17.7. The van der Waals surface area contributed by atoms with Crippen molar-refractivity contribution >= 4 is 42.0 Å². The molecule has 2 N–H and O–H groups in total. The van der Waals surface area contributed by atoms with Crippen LogP contribution in [0.4, 0.5) is 5.69 Å². The van der Waals surface area contributed by atoms with Gasteiger partial charge in [0.25, 0.3) is 0 Å². The highest BCUT2D eigenvalue weighted by atomic mass is 32.2. The largest absolute Gasteiger partial charge is 0.480 e. The lowest BCUT2D eigenvalue weighted by Crippen LogP contribution is -2.43. The van der Waals surface area contributed by atoms with Gasteiger partial charge < -0.3 is 15.3 Å². The van der Waals surface area contributed by atoms with Crippen LogP contribution in [0.2, 0.25) is 0 Å². The number of anilines is 1. The second-order valence-corrected chi connectivity index (χ2v) is 6.04. The zero-order valence-electron chi connectivity index (χ0n) is 12.1. The number of carbonyl (C=O) groups excluding carboxylic acids is 1. The number of carbonyl (C=O) groups is 2. The molecule has 1 amide bonds. The predicted octanol–water partition coefficient (Wildman–Crippen LogP) is 1.48. The van der Waals surface area contributed by atoms with Crippen molar-refractivity contribution in [2.45, 2.75) is 11.8 Å². The zero-order valence-corrected chi connectivity index (χ0v) is 13.8. The van der Waals surface area contributed by atoms with Gasteiger partial charge in [-0.05, 0) is 17.7 Å². The molecule has 116 valence electrons. The lowest BCUT2D eigenvalue weighted by molar-refractivity contribution is -0.140. The molecular formula is C14H20N2O3S2. The summed E-state index contributed by atoms with van der Waals surface area (Å²) in [6.45, 7) is 0. The first-order valence-electron chi connectivity index (χ1n) is 6.41. The Morgan fingerprint density at radius 2 is 1.95 bits per heavy atom. The molecule has 21 heavy (non-hydrogen) atoms. The summed E-state index contributed by atoms with van der Waals surface area (Å²) in [6, 6.07) is 7.20. The fourth-order valence-corrected chi connectivity index (χ4v) is 2.70. The van der Waals surface area contributed by atoms with E-state index in [1.807, 2.05) is 43.3 Å². The van der Waals surface area contributed by atoms with Crippen molar-refractivity contribution in [2.75, 3.05) is 30.5 Å². The molecule has 7 heteroatoms. The van der Waals surface area contributed by atoms with E-state index in [4.69, 9.17) is 5.11 Å². The highest BCUT2D eigenvalue weighted by molar-refractivity contribution is 7.98. The molecule has 0 saturated heterocycles. The maximum absolute atomic E-state index is 11.2. The summed E-state index contributed by atoms with van der Waals surface area (Å²) in [5.41, 5.74) is 2.24. The van der Waals surface area contributed by atoms with Crippen LogP contribution in [0, 0.1) is 0 Å². The third-order valence-electron chi connectivity index (χ3n) is 2.78. The molecule has 0 spiro atoms. The average molecular weight is 328 g/mol. The van der Waals surface area contributed by atoms with E-state index in [1.54, 1.807) is 0 Å². The fraction of sp³-hybridized carbons (Fsp3) is 0.429. The summed E-state index contributed by atoms with van der Waals surface area (Å²) in [4.78, 5) is 24.3. The Bertz CT molecular complexity index is 478. The Morgan fingerprint density at radius 3 is 2.43 bits per heavy atom. The predicted molar refractivity (Wildman–Crippen MR) is 90.4 cm³/mol. The number of carboxylic acid groups (broad SMARTS) is 1. The molecule has 0 fully saturated rings. The molecule has 0 aromatic heterocycles. The van der Waals surface area contributed by atoms with Crippen LogP contribution in [0.3, 0.4) is 0 Å². The third-order valence-corrected chi connectivity index (χ3v) is 4.18. The van der Waals surface area contributed by atoms with E-state index in [9.17, 15) is 9.59 Å². The van der Waals surface area contributed by atoms with Gasteiger partial charge in [-0.1, -0.05) is 12.1 Å². The minimum absolute atomic E-state index is 0.0134. The molecule has 0 saturated carbocycles. The molecule has 0 aliphatic rings. The quantitative estimate of drug-likeness (QED) is 0.631. The number of rotatable bonds is 8. The maximum atomic E-state index is 11.2. The van der Waals surface area contributed by atoms with Gasteiger partial charge in [0.2, 0.25) is 5.91 Å². The summed E-state index contributed by atoms with van der Waals surface area (Å²) in [7, 11) is 3.96. The monoisotopic (exact) mass is 328 g/mol. The molecule has 0 aliphatic carbocycles. The van der Waals surface area contributed by atoms with Crippen LogP contribution < -0.4 is 10.2 Å². The van der Waals surface area contributed by atoms with E-state index >= 15 is 0 Å². The minimum Gasteiger partial charge on any atom is -0.480 e. The smallest absolute Gasteiger partial charge is 0.327 e. The Morgan fingerprint density at radius 1 is 1.33 bits per heavy atom. The van der Waals surface area contributed by atoms with Crippen molar-refractivity contribution in [3.8, 4) is 0 Å². The van der Waals surface area contributed by atoms with E-state index in [0.29, 0.717) is 11.5 Å². The van der Waals surface area contributed by atoms with Crippen LogP contribution in [-0.4, -0.2) is 48.6 Å². The standard InChI is InChI=1S/C14H20N2O3S2/c1-16(2)11-5-3-10(4-6-11)8-21-9-12(14(18)19)15-13(17)7-20/h3-6,12,20H,7-9H2,1-2H3,(H,15,17)(H,18,19)/t12-/m0/s1. The number of nitrogens with zero attached hydrogens (tertiary/aromatic N) is 1. The van der Waals surface area contributed by atoms with Crippen LogP contribution in [-0.2, 0) is 15.3 Å². The number of nitrogens with one attached hydrogen (secondary N) is 1. The highest BCUT2D eigenvalue weighted by Gasteiger charge is 2.19. The average Bonchev–Trinajstić information content (AvgIpc) is 2.46. The normalized spacial score (nSPS) is 11.8. The highest BCUT2D eigenvalue weighted by Crippen LogP contribution is 2.17. The van der Waals surface area contributed by atoms with Crippen LogP contribution >= 0.6 is 24.4 Å². The number of hydrogen-bond acceptors (Lipinski definition) is 5. The summed E-state index contributed by atoms with van der Waals surface area (Å²) in [6.07, 6.45) is 0. The van der Waals surface area contributed by atoms with E-state index in [0.717, 1.165) is 11.3 Å². The Hall–Kier alpha value is -1.34. The van der Waals surface area contributed by atoms with Crippen molar-refractivity contribution in [2.24, 2.45) is 0 Å². The first-order chi connectivity index (χ1) is 9.93. The molecule has 1 aromatic carbocycles. The molecular weight excluding hydrogens is 308 g/mol. The van der Waals surface area contributed by atoms with E-state index < -0.39 is 12.0 Å². The third kappa shape index (κ3) is 6.31. The number of hydrogen-bond donors (Lipinski definition) is 3. The Kier molecular flexibility index (Phi) is 7.45. The summed E-state index contributed by atoms with van der Waals surface area (Å²) in [5.74, 6) is -0.388. The van der Waals surface area contributed by atoms with Gasteiger partial charge in [0.05, 0.1) is 5.75 Å². The number of carboxylic acids is 1. The lowest BCUT2D eigenvalue weighted by atomic mass is 10.2. The van der Waals surface area contributed by atoms with Gasteiger partial charge in [-0.15, -0.1) is 0 Å². The van der Waals surface area contributed by atoms with E-state index in [2.05, 4.69) is 17.9 Å². The van der Waals surface area contributed by atoms with Crippen molar-refractivity contribution < 1.29 is 14.7 Å². The molecule has 0 aliphatic heterocycles. The minimum atomic E-state index is -1.03. The summed E-state index contributed by atoms with van der Waals surface area (Å²) in [5, 5.41) is 11.5. The van der Waals surface area contributed by atoms with Gasteiger partial charge in [0.15, 0.2) is 0 Å². The molecule has 1 aromatic rings. The zero-order chi connectivity index (χ0) is 15.8. The lowest BCUT2D eigenvalue weighted by Gasteiger charge is -2.14. The fourth-order valence-electron chi connectivity index (χ4n) is 1.60. The first-order valence-corrected chi connectivity index (χ1v) is 8.19. The number of amides is 1. The topological polar surface area (TPSA) is 69.6 Å². The molecule has 0 unspecified atom stereocenters. The number of thiol groups is 1.